The number of ether oxygens (including phenoxy) is 2. The van der Waals surface area contributed by atoms with Gasteiger partial charge >= 0.3 is 0 Å². The normalized spacial score (nSPS) is 10.6. The highest BCUT2D eigenvalue weighted by Crippen LogP contribution is 2.34. The van der Waals surface area contributed by atoms with E-state index in [1.165, 1.54) is 0 Å². The van der Waals surface area contributed by atoms with Crippen molar-refractivity contribution < 1.29 is 9.47 Å². The van der Waals surface area contributed by atoms with Crippen LogP contribution in [-0.2, 0) is 0 Å². The Labute approximate surface area is 108 Å². The predicted octanol–water partition coefficient (Wildman–Crippen LogP) is 3.34. The average Bonchev–Trinajstić information content (AvgIpc) is 2.29. The van der Waals surface area contributed by atoms with Crippen molar-refractivity contribution in [3.63, 3.8) is 0 Å². The molecule has 0 atom stereocenters. The maximum absolute atomic E-state index is 6.00. The van der Waals surface area contributed by atoms with Crippen molar-refractivity contribution in [1.82, 2.24) is 9.97 Å². The molecule has 6 heteroatoms. The monoisotopic (exact) mass is 272 g/mol. The zero-order chi connectivity index (χ0) is 12.4. The van der Waals surface area contributed by atoms with Gasteiger partial charge in [0.05, 0.1) is 19.2 Å². The Morgan fingerprint density at radius 2 is 1.94 bits per heavy atom. The first-order chi connectivity index (χ1) is 8.15. The minimum absolute atomic E-state index is 0.105. The summed E-state index contributed by atoms with van der Waals surface area (Å²) in [5, 5.41) is 1.08. The van der Waals surface area contributed by atoms with E-state index < -0.39 is 0 Å². The van der Waals surface area contributed by atoms with Gasteiger partial charge in [0.1, 0.15) is 5.15 Å². The second kappa shape index (κ2) is 4.94. The van der Waals surface area contributed by atoms with Crippen LogP contribution in [0.1, 0.15) is 6.92 Å². The molecule has 1 heterocycles. The lowest BCUT2D eigenvalue weighted by molar-refractivity contribution is 0.311. The molecule has 1 aromatic heterocycles. The third-order valence-corrected chi connectivity index (χ3v) is 2.66. The van der Waals surface area contributed by atoms with Crippen LogP contribution in [0, 0.1) is 0 Å². The van der Waals surface area contributed by atoms with Gasteiger partial charge in [-0.15, -0.1) is 0 Å². The van der Waals surface area contributed by atoms with Crippen LogP contribution in [0.15, 0.2) is 12.1 Å². The molecular weight excluding hydrogens is 263 g/mol. The Bertz CT molecular complexity index is 561. The van der Waals surface area contributed by atoms with Crippen LogP contribution in [0.3, 0.4) is 0 Å². The molecule has 0 saturated heterocycles. The van der Waals surface area contributed by atoms with E-state index in [9.17, 15) is 0 Å². The molecule has 0 radical (unpaired) electrons. The van der Waals surface area contributed by atoms with Crippen LogP contribution >= 0.6 is 23.2 Å². The van der Waals surface area contributed by atoms with Crippen LogP contribution < -0.4 is 9.47 Å². The first-order valence-corrected chi connectivity index (χ1v) is 5.75. The summed E-state index contributed by atoms with van der Waals surface area (Å²) in [6.07, 6.45) is 0. The number of nitrogens with zero attached hydrogens (tertiary/aromatic N) is 2. The van der Waals surface area contributed by atoms with E-state index in [0.29, 0.717) is 34.2 Å². The predicted molar refractivity (Wildman–Crippen MR) is 67.3 cm³/mol. The lowest BCUT2D eigenvalue weighted by Gasteiger charge is -2.10. The largest absolute Gasteiger partial charge is 0.493 e. The first-order valence-electron chi connectivity index (χ1n) is 4.99. The number of aromatic nitrogens is 2. The fourth-order valence-electron chi connectivity index (χ4n) is 1.50. The molecular formula is C11H10Cl2N2O2. The number of hydrogen-bond donors (Lipinski definition) is 0. The van der Waals surface area contributed by atoms with Gasteiger partial charge in [-0.25, -0.2) is 9.97 Å². The summed E-state index contributed by atoms with van der Waals surface area (Å²) >= 11 is 11.7. The zero-order valence-electron chi connectivity index (χ0n) is 9.33. The van der Waals surface area contributed by atoms with Gasteiger partial charge in [-0.05, 0) is 24.6 Å². The van der Waals surface area contributed by atoms with Crippen LogP contribution in [-0.4, -0.2) is 23.7 Å². The van der Waals surface area contributed by atoms with Crippen molar-refractivity contribution in [1.29, 1.82) is 0 Å². The molecule has 0 N–H and O–H groups in total. The quantitative estimate of drug-likeness (QED) is 0.635. The van der Waals surface area contributed by atoms with Crippen LogP contribution in [0.25, 0.3) is 10.9 Å². The van der Waals surface area contributed by atoms with E-state index in [4.69, 9.17) is 32.7 Å². The standard InChI is InChI=1S/C11H10Cl2N2O2/c1-3-17-9-4-6-7(5-8(9)16-2)14-11(13)15-10(6)12/h4-5H,3H2,1-2H3. The summed E-state index contributed by atoms with van der Waals surface area (Å²) in [6.45, 7) is 2.43. The lowest BCUT2D eigenvalue weighted by atomic mass is 10.2. The number of methoxy groups -OCH3 is 1. The average molecular weight is 273 g/mol. The summed E-state index contributed by atoms with van der Waals surface area (Å²) in [5.74, 6) is 1.19. The van der Waals surface area contributed by atoms with Crippen LogP contribution in [0.4, 0.5) is 0 Å². The molecule has 0 fully saturated rings. The highest BCUT2D eigenvalue weighted by molar-refractivity contribution is 6.35. The number of fused-ring (bicyclic) bond motifs is 1. The molecule has 0 saturated carbocycles. The topological polar surface area (TPSA) is 44.2 Å². The van der Waals surface area contributed by atoms with E-state index in [-0.39, 0.29) is 5.28 Å². The molecule has 2 rings (SSSR count). The van der Waals surface area contributed by atoms with Crippen molar-refractivity contribution in [2.24, 2.45) is 0 Å². The summed E-state index contributed by atoms with van der Waals surface area (Å²) < 4.78 is 10.7. The Balaban J connectivity index is 2.69. The molecule has 2 aromatic rings. The van der Waals surface area contributed by atoms with E-state index in [1.807, 2.05) is 6.92 Å². The molecule has 0 amide bonds. The second-order valence-electron chi connectivity index (χ2n) is 3.24. The molecule has 4 nitrogen and oxygen atoms in total. The van der Waals surface area contributed by atoms with Gasteiger partial charge in [0, 0.05) is 11.5 Å². The van der Waals surface area contributed by atoms with E-state index in [1.54, 1.807) is 19.2 Å². The molecule has 0 unspecified atom stereocenters. The van der Waals surface area contributed by atoms with Gasteiger partial charge in [-0.2, -0.15) is 0 Å². The molecule has 0 aliphatic rings. The third kappa shape index (κ3) is 2.37. The van der Waals surface area contributed by atoms with Gasteiger partial charge in [0.25, 0.3) is 0 Å². The van der Waals surface area contributed by atoms with E-state index in [2.05, 4.69) is 9.97 Å². The molecule has 0 aliphatic heterocycles. The number of hydrogen-bond acceptors (Lipinski definition) is 4. The van der Waals surface area contributed by atoms with Crippen molar-refractivity contribution in [3.05, 3.63) is 22.6 Å². The van der Waals surface area contributed by atoms with E-state index >= 15 is 0 Å². The molecule has 17 heavy (non-hydrogen) atoms. The van der Waals surface area contributed by atoms with Crippen molar-refractivity contribution in [3.8, 4) is 11.5 Å². The van der Waals surface area contributed by atoms with Crippen LogP contribution in [0.2, 0.25) is 10.4 Å². The Kier molecular flexibility index (Phi) is 3.54. The Hall–Kier alpha value is -1.26. The van der Waals surface area contributed by atoms with E-state index in [0.717, 1.165) is 0 Å². The maximum atomic E-state index is 6.00. The van der Waals surface area contributed by atoms with Gasteiger partial charge in [-0.3, -0.25) is 0 Å². The van der Waals surface area contributed by atoms with Gasteiger partial charge < -0.3 is 9.47 Å². The molecule has 90 valence electrons. The van der Waals surface area contributed by atoms with Gasteiger partial charge in [-0.1, -0.05) is 11.6 Å². The van der Waals surface area contributed by atoms with Crippen LogP contribution in [0.5, 0.6) is 11.5 Å². The summed E-state index contributed by atoms with van der Waals surface area (Å²) in [5.41, 5.74) is 0.621. The van der Waals surface area contributed by atoms with Crippen molar-refractivity contribution >= 4 is 34.1 Å². The van der Waals surface area contributed by atoms with Crippen molar-refractivity contribution in [2.75, 3.05) is 13.7 Å². The second-order valence-corrected chi connectivity index (χ2v) is 3.93. The smallest absolute Gasteiger partial charge is 0.224 e. The van der Waals surface area contributed by atoms with Crippen molar-refractivity contribution in [2.45, 2.75) is 6.92 Å². The number of halogens is 2. The maximum Gasteiger partial charge on any atom is 0.224 e. The molecule has 1 aromatic carbocycles. The molecule has 0 spiro atoms. The Morgan fingerprint density at radius 1 is 1.18 bits per heavy atom. The summed E-state index contributed by atoms with van der Waals surface area (Å²) in [4.78, 5) is 7.96. The SMILES string of the molecule is CCOc1cc2c(Cl)nc(Cl)nc2cc1OC. The fourth-order valence-corrected chi connectivity index (χ4v) is 1.95. The molecule has 0 aliphatic carbocycles. The zero-order valence-corrected chi connectivity index (χ0v) is 10.8. The third-order valence-electron chi connectivity index (χ3n) is 2.21. The molecule has 0 bridgehead atoms. The Morgan fingerprint density at radius 3 is 2.59 bits per heavy atom. The number of benzene rings is 1. The summed E-state index contributed by atoms with van der Waals surface area (Å²) in [6, 6.07) is 3.47. The highest BCUT2D eigenvalue weighted by Gasteiger charge is 2.11. The highest BCUT2D eigenvalue weighted by atomic mass is 35.5. The minimum Gasteiger partial charge on any atom is -0.493 e. The lowest BCUT2D eigenvalue weighted by Crippen LogP contribution is -1.96. The number of rotatable bonds is 3. The fraction of sp³-hybridized carbons (Fsp3) is 0.273. The van der Waals surface area contributed by atoms with Gasteiger partial charge in [0.2, 0.25) is 5.28 Å². The minimum atomic E-state index is 0.105. The summed E-state index contributed by atoms with van der Waals surface area (Å²) in [7, 11) is 1.56. The van der Waals surface area contributed by atoms with Gasteiger partial charge in [0.15, 0.2) is 11.5 Å². The first kappa shape index (κ1) is 12.2.